The zero-order valence-corrected chi connectivity index (χ0v) is 15.0. The molecule has 0 spiro atoms. The predicted octanol–water partition coefficient (Wildman–Crippen LogP) is 2.67. The molecule has 126 valence electrons. The smallest absolute Gasteiger partial charge is 0.349 e. The quantitative estimate of drug-likeness (QED) is 0.759. The van der Waals surface area contributed by atoms with Gasteiger partial charge in [0.1, 0.15) is 11.1 Å². The van der Waals surface area contributed by atoms with Gasteiger partial charge in [-0.25, -0.2) is 4.79 Å². The third-order valence-corrected chi connectivity index (χ3v) is 6.03. The van der Waals surface area contributed by atoms with Crippen molar-refractivity contribution in [2.24, 2.45) is 17.6 Å². The number of rotatable bonds is 1. The minimum absolute atomic E-state index is 0.147. The van der Waals surface area contributed by atoms with E-state index in [0.29, 0.717) is 36.1 Å². The van der Waals surface area contributed by atoms with Crippen molar-refractivity contribution in [3.63, 3.8) is 0 Å². The number of nitrogens with zero attached hydrogens (tertiary/aromatic N) is 1. The molecule has 1 saturated carbocycles. The van der Waals surface area contributed by atoms with E-state index in [4.69, 9.17) is 10.2 Å². The van der Waals surface area contributed by atoms with Crippen LogP contribution in [0.2, 0.25) is 0 Å². The molecular formula is C18H19BrN2O3. The van der Waals surface area contributed by atoms with Crippen LogP contribution in [0.5, 0.6) is 0 Å². The normalized spacial score (nSPS) is 26.1. The van der Waals surface area contributed by atoms with Gasteiger partial charge in [-0.3, -0.25) is 4.79 Å². The van der Waals surface area contributed by atoms with E-state index in [1.54, 1.807) is 11.0 Å². The second kappa shape index (κ2) is 5.70. The first-order chi connectivity index (χ1) is 11.5. The third kappa shape index (κ3) is 2.40. The number of amides is 1. The van der Waals surface area contributed by atoms with Gasteiger partial charge in [0.25, 0.3) is 5.91 Å². The highest BCUT2D eigenvalue weighted by Gasteiger charge is 2.43. The Labute approximate surface area is 147 Å². The number of nitrogens with two attached hydrogens (primary N) is 1. The summed E-state index contributed by atoms with van der Waals surface area (Å²) in [5.41, 5.74) is 6.91. The second-order valence-corrected chi connectivity index (χ2v) is 7.82. The molecule has 1 aliphatic heterocycles. The standard InChI is InChI=1S/C18H19BrN2O3/c1-9-12-6-11(19)3-5-15(12)24-18(23)16(9)17(22)21-7-10-2-4-14(20)13(10)8-21/h3,5-6,10,13-14H,2,4,7-8,20H2,1H3. The first kappa shape index (κ1) is 15.8. The van der Waals surface area contributed by atoms with E-state index in [0.717, 1.165) is 22.7 Å². The Morgan fingerprint density at radius 2 is 2.12 bits per heavy atom. The van der Waals surface area contributed by atoms with Crippen LogP contribution in [0.1, 0.15) is 28.8 Å². The molecular weight excluding hydrogens is 372 g/mol. The molecule has 0 bridgehead atoms. The number of likely N-dealkylation sites (tertiary alicyclic amines) is 1. The van der Waals surface area contributed by atoms with Gasteiger partial charge in [-0.05, 0) is 55.4 Å². The zero-order valence-electron chi connectivity index (χ0n) is 13.4. The van der Waals surface area contributed by atoms with Gasteiger partial charge in [0.05, 0.1) is 0 Å². The SMILES string of the molecule is Cc1c(C(=O)N2CC3CCC(N)C3C2)c(=O)oc2ccc(Br)cc12. The Morgan fingerprint density at radius 3 is 2.88 bits per heavy atom. The Morgan fingerprint density at radius 1 is 1.33 bits per heavy atom. The molecule has 1 saturated heterocycles. The Balaban J connectivity index is 1.74. The van der Waals surface area contributed by atoms with Crippen molar-refractivity contribution in [2.45, 2.75) is 25.8 Å². The fourth-order valence-electron chi connectivity index (χ4n) is 4.20. The van der Waals surface area contributed by atoms with E-state index in [1.807, 2.05) is 19.1 Å². The fourth-order valence-corrected chi connectivity index (χ4v) is 4.56. The van der Waals surface area contributed by atoms with Crippen LogP contribution in [0.15, 0.2) is 31.9 Å². The van der Waals surface area contributed by atoms with E-state index in [1.165, 1.54) is 0 Å². The highest BCUT2D eigenvalue weighted by Crippen LogP contribution is 2.37. The molecule has 2 aliphatic rings. The molecule has 2 aromatic rings. The van der Waals surface area contributed by atoms with Crippen LogP contribution in [0, 0.1) is 18.8 Å². The highest BCUT2D eigenvalue weighted by atomic mass is 79.9. The number of fused-ring (bicyclic) bond motifs is 2. The number of carbonyl (C=O) groups is 1. The molecule has 4 rings (SSSR count). The zero-order chi connectivity index (χ0) is 17.0. The molecule has 2 fully saturated rings. The summed E-state index contributed by atoms with van der Waals surface area (Å²) in [5, 5.41) is 0.781. The summed E-state index contributed by atoms with van der Waals surface area (Å²) < 4.78 is 6.26. The summed E-state index contributed by atoms with van der Waals surface area (Å²) in [6.07, 6.45) is 2.09. The molecule has 3 unspecified atom stereocenters. The average Bonchev–Trinajstić information content (AvgIpc) is 3.11. The number of aryl methyl sites for hydroxylation is 1. The maximum absolute atomic E-state index is 13.0. The lowest BCUT2D eigenvalue weighted by Gasteiger charge is -2.19. The van der Waals surface area contributed by atoms with E-state index in [9.17, 15) is 9.59 Å². The van der Waals surface area contributed by atoms with Gasteiger partial charge >= 0.3 is 5.63 Å². The van der Waals surface area contributed by atoms with E-state index in [2.05, 4.69) is 15.9 Å². The summed E-state index contributed by atoms with van der Waals surface area (Å²) in [7, 11) is 0. The van der Waals surface area contributed by atoms with Crippen LogP contribution in [-0.4, -0.2) is 29.9 Å². The lowest BCUT2D eigenvalue weighted by Crippen LogP contribution is -2.36. The van der Waals surface area contributed by atoms with Gasteiger partial charge < -0.3 is 15.1 Å². The summed E-state index contributed by atoms with van der Waals surface area (Å²) in [6.45, 7) is 3.13. The number of halogens is 1. The Kier molecular flexibility index (Phi) is 3.77. The number of carbonyl (C=O) groups excluding carboxylic acids is 1. The molecule has 5 nitrogen and oxygen atoms in total. The number of benzene rings is 1. The molecule has 6 heteroatoms. The van der Waals surface area contributed by atoms with Crippen LogP contribution >= 0.6 is 15.9 Å². The van der Waals surface area contributed by atoms with Crippen LogP contribution in [0.4, 0.5) is 0 Å². The van der Waals surface area contributed by atoms with Crippen molar-refractivity contribution >= 4 is 32.8 Å². The summed E-state index contributed by atoms with van der Waals surface area (Å²) in [5.74, 6) is 0.589. The molecule has 1 aromatic heterocycles. The van der Waals surface area contributed by atoms with Crippen molar-refractivity contribution in [3.8, 4) is 0 Å². The predicted molar refractivity (Wildman–Crippen MR) is 95.0 cm³/mol. The fraction of sp³-hybridized carbons (Fsp3) is 0.444. The third-order valence-electron chi connectivity index (χ3n) is 5.54. The van der Waals surface area contributed by atoms with Crippen molar-refractivity contribution in [1.82, 2.24) is 4.90 Å². The van der Waals surface area contributed by atoms with E-state index in [-0.39, 0.29) is 17.5 Å². The molecule has 3 atom stereocenters. The first-order valence-corrected chi connectivity index (χ1v) is 9.03. The average molecular weight is 391 g/mol. The maximum atomic E-state index is 13.0. The minimum Gasteiger partial charge on any atom is -0.422 e. The van der Waals surface area contributed by atoms with Gasteiger partial charge in [0.2, 0.25) is 0 Å². The van der Waals surface area contributed by atoms with E-state index < -0.39 is 5.63 Å². The molecule has 2 heterocycles. The molecule has 1 amide bonds. The monoisotopic (exact) mass is 390 g/mol. The van der Waals surface area contributed by atoms with Crippen molar-refractivity contribution in [1.29, 1.82) is 0 Å². The lowest BCUT2D eigenvalue weighted by atomic mass is 9.98. The van der Waals surface area contributed by atoms with Crippen molar-refractivity contribution in [2.75, 3.05) is 13.1 Å². The molecule has 2 N–H and O–H groups in total. The Bertz CT molecular complexity index is 892. The molecule has 0 radical (unpaired) electrons. The van der Waals surface area contributed by atoms with Crippen LogP contribution < -0.4 is 11.4 Å². The van der Waals surface area contributed by atoms with Crippen molar-refractivity contribution in [3.05, 3.63) is 44.2 Å². The maximum Gasteiger partial charge on any atom is 0.349 e. The second-order valence-electron chi connectivity index (χ2n) is 6.91. The molecule has 1 aliphatic carbocycles. The Hall–Kier alpha value is -1.66. The summed E-state index contributed by atoms with van der Waals surface area (Å²) in [4.78, 5) is 27.1. The lowest BCUT2D eigenvalue weighted by molar-refractivity contribution is 0.0775. The van der Waals surface area contributed by atoms with Gasteiger partial charge in [-0.15, -0.1) is 0 Å². The van der Waals surface area contributed by atoms with Gasteiger partial charge in [-0.2, -0.15) is 0 Å². The molecule has 24 heavy (non-hydrogen) atoms. The van der Waals surface area contributed by atoms with Gasteiger partial charge in [-0.1, -0.05) is 15.9 Å². The first-order valence-electron chi connectivity index (χ1n) is 8.23. The highest BCUT2D eigenvalue weighted by molar-refractivity contribution is 9.10. The van der Waals surface area contributed by atoms with Crippen LogP contribution in [0.25, 0.3) is 11.0 Å². The number of hydrogen-bond donors (Lipinski definition) is 1. The summed E-state index contributed by atoms with van der Waals surface area (Å²) in [6, 6.07) is 5.59. The topological polar surface area (TPSA) is 76.5 Å². The van der Waals surface area contributed by atoms with Gasteiger partial charge in [0, 0.05) is 29.0 Å². The molecule has 1 aromatic carbocycles. The largest absolute Gasteiger partial charge is 0.422 e. The van der Waals surface area contributed by atoms with Gasteiger partial charge in [0.15, 0.2) is 0 Å². The summed E-state index contributed by atoms with van der Waals surface area (Å²) >= 11 is 3.42. The van der Waals surface area contributed by atoms with Crippen LogP contribution in [0.3, 0.4) is 0 Å². The van der Waals surface area contributed by atoms with E-state index >= 15 is 0 Å². The number of hydrogen-bond acceptors (Lipinski definition) is 4. The van der Waals surface area contributed by atoms with Crippen molar-refractivity contribution < 1.29 is 9.21 Å². The minimum atomic E-state index is -0.561. The van der Waals surface area contributed by atoms with Crippen LogP contribution in [-0.2, 0) is 0 Å².